The molecule has 6 atom stereocenters. The smallest absolute Gasteiger partial charge is 0.343 e. The minimum absolute atomic E-state index is 0.0368. The summed E-state index contributed by atoms with van der Waals surface area (Å²) in [5.74, 6) is -2.92. The third-order valence-electron chi connectivity index (χ3n) is 5.99. The zero-order chi connectivity index (χ0) is 26.1. The third kappa shape index (κ3) is 4.82. The molecule has 4 rings (SSSR count). The number of carbonyl (C=O) groups excluding carboxylic acids is 1. The Morgan fingerprint density at radius 3 is 2.36 bits per heavy atom. The average molecular weight is 500 g/mol. The molecule has 0 aliphatic carbocycles. The number of ether oxygens (including phenoxy) is 2. The Hall–Kier alpha value is -3.77. The molecule has 2 heterocycles. The molecule has 0 spiro atoms. The van der Waals surface area contributed by atoms with Crippen LogP contribution in [0.15, 0.2) is 57.7 Å². The maximum Gasteiger partial charge on any atom is 0.343 e. The number of hydrogen-bond donors (Lipinski definition) is 5. The van der Waals surface area contributed by atoms with Gasteiger partial charge in [0.15, 0.2) is 6.10 Å². The van der Waals surface area contributed by atoms with Crippen molar-refractivity contribution in [2.45, 2.75) is 50.0 Å². The van der Waals surface area contributed by atoms with Crippen LogP contribution in [0.4, 0.5) is 0 Å². The van der Waals surface area contributed by atoms with Crippen molar-refractivity contribution in [2.24, 2.45) is 0 Å². The molecule has 3 aromatic rings. The summed E-state index contributed by atoms with van der Waals surface area (Å²) in [6.07, 6.45) is -9.08. The van der Waals surface area contributed by atoms with Gasteiger partial charge in [0.25, 0.3) is 0 Å². The average Bonchev–Trinajstić information content (AvgIpc) is 2.83. The Kier molecular flexibility index (Phi) is 7.09. The highest BCUT2D eigenvalue weighted by atomic mass is 16.7. The van der Waals surface area contributed by atoms with E-state index in [4.69, 9.17) is 13.9 Å². The topological polar surface area (TPSA) is 184 Å². The van der Waals surface area contributed by atoms with Crippen LogP contribution in [0.5, 0.6) is 11.5 Å². The first-order valence-corrected chi connectivity index (χ1v) is 11.0. The van der Waals surface area contributed by atoms with E-state index in [1.165, 1.54) is 25.1 Å². The molecule has 190 valence electrons. The molecule has 1 aromatic heterocycles. The van der Waals surface area contributed by atoms with Gasteiger partial charge in [-0.1, -0.05) is 30.3 Å². The summed E-state index contributed by atoms with van der Waals surface area (Å²) in [5.41, 5.74) is -0.392. The molecule has 0 bridgehead atoms. The molecule has 0 saturated carbocycles. The minimum Gasteiger partial charge on any atom is -0.507 e. The van der Waals surface area contributed by atoms with E-state index in [0.717, 1.165) is 0 Å². The Morgan fingerprint density at radius 1 is 1.03 bits per heavy atom. The van der Waals surface area contributed by atoms with Gasteiger partial charge in [-0.2, -0.15) is 0 Å². The number of benzene rings is 2. The predicted molar refractivity (Wildman–Crippen MR) is 123 cm³/mol. The third-order valence-corrected chi connectivity index (χ3v) is 5.99. The number of fused-ring (bicyclic) bond motifs is 1. The van der Waals surface area contributed by atoms with E-state index in [2.05, 4.69) is 0 Å². The molecular weight excluding hydrogens is 476 g/mol. The van der Waals surface area contributed by atoms with Crippen LogP contribution in [0.2, 0.25) is 0 Å². The number of rotatable bonds is 7. The van der Waals surface area contributed by atoms with Crippen molar-refractivity contribution in [1.29, 1.82) is 0 Å². The van der Waals surface area contributed by atoms with Gasteiger partial charge in [-0.3, -0.25) is 4.79 Å². The molecule has 1 aliphatic heterocycles. The number of carboxylic acid groups (broad SMARTS) is 1. The monoisotopic (exact) mass is 500 g/mol. The molecule has 0 radical (unpaired) electrons. The molecule has 1 unspecified atom stereocenters. The van der Waals surface area contributed by atoms with Crippen LogP contribution in [-0.4, -0.2) is 68.0 Å². The van der Waals surface area contributed by atoms with E-state index in [-0.39, 0.29) is 40.2 Å². The molecule has 1 aliphatic rings. The summed E-state index contributed by atoms with van der Waals surface area (Å²) in [6, 6.07) is 12.7. The summed E-state index contributed by atoms with van der Waals surface area (Å²) in [5, 5.41) is 50.2. The fourth-order valence-electron chi connectivity index (χ4n) is 4.20. The van der Waals surface area contributed by atoms with Gasteiger partial charge in [0.05, 0.1) is 10.9 Å². The highest BCUT2D eigenvalue weighted by molar-refractivity contribution is 5.86. The summed E-state index contributed by atoms with van der Waals surface area (Å²) in [4.78, 5) is 36.1. The van der Waals surface area contributed by atoms with Crippen LogP contribution in [0, 0.1) is 0 Å². The first-order valence-electron chi connectivity index (χ1n) is 11.0. The molecule has 11 heteroatoms. The second-order valence-electron chi connectivity index (χ2n) is 8.53. The second-order valence-corrected chi connectivity index (χ2v) is 8.53. The minimum atomic E-state index is -1.88. The fraction of sp³-hybridized carbons (Fsp3) is 0.320. The molecule has 1 saturated heterocycles. The molecule has 1 fully saturated rings. The Bertz CT molecular complexity index is 1330. The normalized spacial score (nSPS) is 24.8. The highest BCUT2D eigenvalue weighted by Gasteiger charge is 2.48. The summed E-state index contributed by atoms with van der Waals surface area (Å²) in [6.45, 7) is 1.38. The Labute approximate surface area is 203 Å². The van der Waals surface area contributed by atoms with Gasteiger partial charge in [0, 0.05) is 18.4 Å². The lowest BCUT2D eigenvalue weighted by molar-refractivity contribution is -0.271. The van der Waals surface area contributed by atoms with Crippen molar-refractivity contribution in [3.05, 3.63) is 70.1 Å². The molecule has 0 amide bonds. The van der Waals surface area contributed by atoms with Crippen LogP contribution in [0.3, 0.4) is 0 Å². The van der Waals surface area contributed by atoms with Crippen molar-refractivity contribution < 1.29 is 49.0 Å². The number of ketones is 1. The van der Waals surface area contributed by atoms with Crippen LogP contribution >= 0.6 is 0 Å². The maximum absolute atomic E-state index is 12.9. The zero-order valence-corrected chi connectivity index (χ0v) is 19.0. The van der Waals surface area contributed by atoms with Crippen molar-refractivity contribution in [3.8, 4) is 11.5 Å². The summed E-state index contributed by atoms with van der Waals surface area (Å²) in [7, 11) is 0. The lowest BCUT2D eigenvalue weighted by Gasteiger charge is -2.38. The van der Waals surface area contributed by atoms with Crippen molar-refractivity contribution in [3.63, 3.8) is 0 Å². The quantitative estimate of drug-likeness (QED) is 0.290. The van der Waals surface area contributed by atoms with Gasteiger partial charge < -0.3 is 39.4 Å². The van der Waals surface area contributed by atoms with Gasteiger partial charge in [-0.15, -0.1) is 0 Å². The van der Waals surface area contributed by atoms with Crippen LogP contribution in [-0.2, 0) is 14.3 Å². The first-order chi connectivity index (χ1) is 17.1. The highest BCUT2D eigenvalue weighted by Crippen LogP contribution is 2.37. The van der Waals surface area contributed by atoms with Gasteiger partial charge in [-0.25, -0.2) is 9.59 Å². The molecular formula is C25H24O11. The van der Waals surface area contributed by atoms with Gasteiger partial charge in [0.2, 0.25) is 6.29 Å². The Morgan fingerprint density at radius 2 is 1.72 bits per heavy atom. The number of aromatic hydroxyl groups is 1. The van der Waals surface area contributed by atoms with E-state index in [9.17, 15) is 39.9 Å². The van der Waals surface area contributed by atoms with E-state index in [1.807, 2.05) is 0 Å². The second kappa shape index (κ2) is 10.1. The number of aliphatic hydroxyl groups is 3. The van der Waals surface area contributed by atoms with Crippen LogP contribution in [0.1, 0.15) is 30.4 Å². The first kappa shape index (κ1) is 25.3. The van der Waals surface area contributed by atoms with Crippen molar-refractivity contribution in [1.82, 2.24) is 0 Å². The standard InChI is InChI=1S/C25H24O11/c1-11(26)9-15(12-5-3-2-4-6-12)17-18(27)14-8-7-13(10-16(14)35-24(17)33)34-25-21(30)19(28)20(29)22(36-25)23(31)32/h2-8,10,15,19-22,25,27-30H,9H2,1H3,(H,31,32)/t15-,19-,20-,21+,22-,25?/m0/s1. The number of Topliss-reactive ketones (excluding diaryl/α,β-unsaturated/α-hetero) is 1. The van der Waals surface area contributed by atoms with E-state index in [1.54, 1.807) is 30.3 Å². The molecule has 36 heavy (non-hydrogen) atoms. The number of aliphatic hydroxyl groups excluding tert-OH is 3. The van der Waals surface area contributed by atoms with Crippen molar-refractivity contribution in [2.75, 3.05) is 0 Å². The largest absolute Gasteiger partial charge is 0.507 e. The zero-order valence-electron chi connectivity index (χ0n) is 19.0. The number of carboxylic acids is 1. The molecule has 5 N–H and O–H groups in total. The summed E-state index contributed by atoms with van der Waals surface area (Å²) >= 11 is 0. The van der Waals surface area contributed by atoms with Gasteiger partial charge in [-0.05, 0) is 24.6 Å². The van der Waals surface area contributed by atoms with E-state index < -0.39 is 48.2 Å². The Balaban J connectivity index is 1.70. The lowest BCUT2D eigenvalue weighted by Crippen LogP contribution is -2.61. The van der Waals surface area contributed by atoms with E-state index >= 15 is 0 Å². The predicted octanol–water partition coefficient (Wildman–Crippen LogP) is 0.881. The van der Waals surface area contributed by atoms with Crippen LogP contribution in [0.25, 0.3) is 11.0 Å². The number of hydrogen-bond acceptors (Lipinski definition) is 10. The molecule has 2 aromatic carbocycles. The lowest BCUT2D eigenvalue weighted by atomic mass is 9.87. The summed E-state index contributed by atoms with van der Waals surface area (Å²) < 4.78 is 16.0. The number of carbonyl (C=O) groups is 2. The molecule has 11 nitrogen and oxygen atoms in total. The van der Waals surface area contributed by atoms with Crippen LogP contribution < -0.4 is 10.4 Å². The van der Waals surface area contributed by atoms with E-state index in [0.29, 0.717) is 5.56 Å². The fourth-order valence-corrected chi connectivity index (χ4v) is 4.20. The SMILES string of the molecule is CC(=O)C[C@@H](c1ccccc1)c1c(O)c2ccc(OC3O[C@H](C(=O)O)[C@@H](O)[C@H](O)[C@H]3O)cc2oc1=O. The van der Waals surface area contributed by atoms with Gasteiger partial charge >= 0.3 is 11.6 Å². The number of aliphatic carboxylic acids is 1. The van der Waals surface area contributed by atoms with Gasteiger partial charge in [0.1, 0.15) is 41.2 Å². The maximum atomic E-state index is 12.9. The van der Waals surface area contributed by atoms with Crippen molar-refractivity contribution >= 4 is 22.7 Å².